The summed E-state index contributed by atoms with van der Waals surface area (Å²) in [6.45, 7) is 0.800. The van der Waals surface area contributed by atoms with Crippen LogP contribution in [0.4, 0.5) is 0 Å². The van der Waals surface area contributed by atoms with Crippen LogP contribution in [0.15, 0.2) is 0 Å². The minimum Gasteiger partial charge on any atom is -0.362 e. The standard InChI is InChI=1S/C3H6NO/c4-3-1-2-5-3/h3-4H,1-2H2. The molecule has 1 aliphatic rings. The van der Waals surface area contributed by atoms with E-state index in [4.69, 9.17) is 5.73 Å². The van der Waals surface area contributed by atoms with Gasteiger partial charge in [0, 0.05) is 6.42 Å². The topological polar surface area (TPSA) is 33.0 Å². The van der Waals surface area contributed by atoms with E-state index in [2.05, 4.69) is 4.74 Å². The fourth-order valence-electron chi connectivity index (χ4n) is 0.236. The number of hydrogen-bond acceptors (Lipinski definition) is 1. The van der Waals surface area contributed by atoms with Crippen LogP contribution < -0.4 is 5.73 Å². The second-order valence-electron chi connectivity index (χ2n) is 1.15. The Morgan fingerprint density at radius 1 is 1.80 bits per heavy atom. The molecule has 0 aromatic rings. The van der Waals surface area contributed by atoms with Crippen LogP contribution in [-0.2, 0) is 4.74 Å². The van der Waals surface area contributed by atoms with Gasteiger partial charge >= 0.3 is 0 Å². The Hall–Kier alpha value is -0.0800. The molecule has 1 saturated heterocycles. The Bertz CT molecular complexity index is 33.9. The molecule has 1 unspecified atom stereocenters. The van der Waals surface area contributed by atoms with Crippen LogP contribution in [0.2, 0.25) is 0 Å². The Kier molecular flexibility index (Phi) is 0.596. The van der Waals surface area contributed by atoms with Gasteiger partial charge in [-0.15, -0.1) is 0 Å². The SMILES string of the molecule is [NH]C1CCO1. The van der Waals surface area contributed by atoms with Gasteiger partial charge in [-0.3, -0.25) is 0 Å². The molecule has 1 atom stereocenters. The van der Waals surface area contributed by atoms with Gasteiger partial charge < -0.3 is 4.74 Å². The lowest BCUT2D eigenvalue weighted by Crippen LogP contribution is -2.27. The Balaban J connectivity index is 2.08. The van der Waals surface area contributed by atoms with Crippen LogP contribution in [0.1, 0.15) is 6.42 Å². The van der Waals surface area contributed by atoms with Crippen molar-refractivity contribution in [3.05, 3.63) is 0 Å². The lowest BCUT2D eigenvalue weighted by molar-refractivity contribution is -0.0506. The number of ether oxygens (including phenoxy) is 1. The molecule has 0 bridgehead atoms. The van der Waals surface area contributed by atoms with Crippen molar-refractivity contribution in [2.24, 2.45) is 0 Å². The molecule has 1 aliphatic heterocycles. The van der Waals surface area contributed by atoms with Crippen molar-refractivity contribution < 1.29 is 4.74 Å². The van der Waals surface area contributed by atoms with E-state index in [0.717, 1.165) is 13.0 Å². The van der Waals surface area contributed by atoms with Gasteiger partial charge in [0.05, 0.1) is 6.61 Å². The van der Waals surface area contributed by atoms with Crippen LogP contribution in [-0.4, -0.2) is 12.8 Å². The smallest absolute Gasteiger partial charge is 0.122 e. The molecule has 0 saturated carbocycles. The predicted molar refractivity (Wildman–Crippen MR) is 17.5 cm³/mol. The first-order valence-electron chi connectivity index (χ1n) is 1.72. The fraction of sp³-hybridized carbons (Fsp3) is 1.00. The van der Waals surface area contributed by atoms with E-state index < -0.39 is 0 Å². The summed E-state index contributed by atoms with van der Waals surface area (Å²) in [6, 6.07) is 0. The monoisotopic (exact) mass is 72.0 g/mol. The molecule has 0 aromatic carbocycles. The van der Waals surface area contributed by atoms with E-state index in [1.54, 1.807) is 0 Å². The molecule has 2 heteroatoms. The first kappa shape index (κ1) is 3.12. The fourth-order valence-corrected chi connectivity index (χ4v) is 0.236. The summed E-state index contributed by atoms with van der Waals surface area (Å²) < 4.78 is 4.60. The zero-order chi connectivity index (χ0) is 3.70. The molecule has 5 heavy (non-hydrogen) atoms. The molecule has 1 rings (SSSR count). The zero-order valence-electron chi connectivity index (χ0n) is 2.90. The minimum absolute atomic E-state index is 0.185. The Morgan fingerprint density at radius 3 is 2.20 bits per heavy atom. The van der Waals surface area contributed by atoms with Crippen LogP contribution in [0.3, 0.4) is 0 Å². The summed E-state index contributed by atoms with van der Waals surface area (Å²) in [7, 11) is 0. The van der Waals surface area contributed by atoms with Gasteiger partial charge in [-0.2, -0.15) is 0 Å². The quantitative estimate of drug-likeness (QED) is 0.397. The van der Waals surface area contributed by atoms with E-state index in [0.29, 0.717) is 0 Å². The highest BCUT2D eigenvalue weighted by Gasteiger charge is 2.11. The highest BCUT2D eigenvalue weighted by atomic mass is 16.5. The second-order valence-corrected chi connectivity index (χ2v) is 1.15. The maximum Gasteiger partial charge on any atom is 0.122 e. The summed E-state index contributed by atoms with van der Waals surface area (Å²) in [5.74, 6) is 0. The molecule has 1 N–H and O–H groups in total. The third kappa shape index (κ3) is 0.412. The largest absolute Gasteiger partial charge is 0.362 e. The third-order valence-electron chi connectivity index (χ3n) is 0.699. The van der Waals surface area contributed by atoms with Gasteiger partial charge in [-0.05, 0) is 0 Å². The van der Waals surface area contributed by atoms with Crippen LogP contribution in [0.25, 0.3) is 0 Å². The number of rotatable bonds is 0. The zero-order valence-corrected chi connectivity index (χ0v) is 2.90. The van der Waals surface area contributed by atoms with Gasteiger partial charge in [-0.1, -0.05) is 0 Å². The average Bonchev–Trinajstić information content (AvgIpc) is 1.30. The molecule has 1 radical (unpaired) electrons. The molecule has 29 valence electrons. The molecule has 2 nitrogen and oxygen atoms in total. The Labute approximate surface area is 30.9 Å². The van der Waals surface area contributed by atoms with Crippen molar-refractivity contribution in [3.8, 4) is 0 Å². The molecule has 0 aromatic heterocycles. The van der Waals surface area contributed by atoms with Gasteiger partial charge in [0.1, 0.15) is 6.23 Å². The normalized spacial score (nSPS) is 36.6. The molecular weight excluding hydrogens is 66.0 g/mol. The van der Waals surface area contributed by atoms with Crippen molar-refractivity contribution in [3.63, 3.8) is 0 Å². The van der Waals surface area contributed by atoms with E-state index in [1.807, 2.05) is 0 Å². The van der Waals surface area contributed by atoms with Crippen molar-refractivity contribution in [1.82, 2.24) is 5.73 Å². The van der Waals surface area contributed by atoms with E-state index in [-0.39, 0.29) is 6.23 Å². The summed E-state index contributed by atoms with van der Waals surface area (Å²) in [6.07, 6.45) is 0.745. The van der Waals surface area contributed by atoms with Crippen molar-refractivity contribution in [2.45, 2.75) is 12.6 Å². The molecule has 1 heterocycles. The van der Waals surface area contributed by atoms with Crippen molar-refractivity contribution >= 4 is 0 Å². The lowest BCUT2D eigenvalue weighted by Gasteiger charge is -2.19. The van der Waals surface area contributed by atoms with E-state index in [1.165, 1.54) is 0 Å². The molecule has 0 amide bonds. The van der Waals surface area contributed by atoms with Gasteiger partial charge in [0.15, 0.2) is 0 Å². The summed E-state index contributed by atoms with van der Waals surface area (Å²) in [4.78, 5) is 0. The molecule has 0 aliphatic carbocycles. The van der Waals surface area contributed by atoms with Gasteiger partial charge in [-0.25, -0.2) is 5.73 Å². The first-order chi connectivity index (χ1) is 2.39. The minimum atomic E-state index is -0.185. The van der Waals surface area contributed by atoms with Crippen molar-refractivity contribution in [1.29, 1.82) is 0 Å². The number of hydrogen-bond donors (Lipinski definition) is 0. The van der Waals surface area contributed by atoms with Crippen LogP contribution >= 0.6 is 0 Å². The van der Waals surface area contributed by atoms with Gasteiger partial charge in [0.25, 0.3) is 0 Å². The third-order valence-corrected chi connectivity index (χ3v) is 0.699. The maximum atomic E-state index is 6.69. The molecular formula is C3H6NO. The average molecular weight is 72.1 g/mol. The second kappa shape index (κ2) is 0.954. The lowest BCUT2D eigenvalue weighted by atomic mass is 10.3. The molecule has 1 fully saturated rings. The number of nitrogens with one attached hydrogen (secondary N) is 1. The molecule has 0 spiro atoms. The van der Waals surface area contributed by atoms with E-state index >= 15 is 0 Å². The van der Waals surface area contributed by atoms with Crippen molar-refractivity contribution in [2.75, 3.05) is 6.61 Å². The summed E-state index contributed by atoms with van der Waals surface area (Å²) >= 11 is 0. The highest BCUT2D eigenvalue weighted by molar-refractivity contribution is 4.54. The summed E-state index contributed by atoms with van der Waals surface area (Å²) in [5.41, 5.74) is 6.69. The Morgan fingerprint density at radius 2 is 2.20 bits per heavy atom. The van der Waals surface area contributed by atoms with Gasteiger partial charge in [0.2, 0.25) is 0 Å². The summed E-state index contributed by atoms with van der Waals surface area (Å²) in [5, 5.41) is 0. The maximum absolute atomic E-state index is 6.69. The first-order valence-corrected chi connectivity index (χ1v) is 1.72. The van der Waals surface area contributed by atoms with Crippen LogP contribution in [0.5, 0.6) is 0 Å². The predicted octanol–water partition coefficient (Wildman–Crippen LogP) is 0.0157. The highest BCUT2D eigenvalue weighted by Crippen LogP contribution is 2.03. The van der Waals surface area contributed by atoms with Crippen LogP contribution in [0, 0.1) is 0 Å². The van der Waals surface area contributed by atoms with E-state index in [9.17, 15) is 0 Å².